The van der Waals surface area contributed by atoms with Crippen LogP contribution >= 0.6 is 0 Å². The van der Waals surface area contributed by atoms with Crippen LogP contribution in [0.4, 0.5) is 0 Å². The van der Waals surface area contributed by atoms with Crippen molar-refractivity contribution in [1.29, 1.82) is 0 Å². The van der Waals surface area contributed by atoms with E-state index in [1.807, 2.05) is 20.8 Å². The Bertz CT molecular complexity index is 569. The second kappa shape index (κ2) is 5.72. The molecule has 0 N–H and O–H groups in total. The normalized spacial score (nSPS) is 36.6. The second-order valence-corrected chi connectivity index (χ2v) is 7.59. The average Bonchev–Trinajstić information content (AvgIpc) is 3.14. The molecule has 2 aliphatic carbocycles. The van der Waals surface area contributed by atoms with Gasteiger partial charge in [-0.2, -0.15) is 0 Å². The number of carbonyl (C=O) groups excluding carboxylic acids is 3. The van der Waals surface area contributed by atoms with Gasteiger partial charge in [0.05, 0.1) is 5.41 Å². The van der Waals surface area contributed by atoms with Crippen molar-refractivity contribution < 1.29 is 33.3 Å². The summed E-state index contributed by atoms with van der Waals surface area (Å²) in [7, 11) is 1.41. The second-order valence-electron chi connectivity index (χ2n) is 7.59. The van der Waals surface area contributed by atoms with Gasteiger partial charge >= 0.3 is 17.9 Å². The molecule has 0 amide bonds. The highest BCUT2D eigenvalue weighted by atomic mass is 16.7. The molecule has 0 aromatic carbocycles. The molecule has 7 heteroatoms. The molecule has 3 aliphatic rings. The number of carbonyl (C=O) groups is 3. The fourth-order valence-corrected chi connectivity index (χ4v) is 4.10. The first-order chi connectivity index (χ1) is 11.3. The molecule has 134 valence electrons. The van der Waals surface area contributed by atoms with Crippen LogP contribution in [0.15, 0.2) is 0 Å². The Morgan fingerprint density at radius 3 is 2.71 bits per heavy atom. The first-order valence-electron chi connectivity index (χ1n) is 8.36. The van der Waals surface area contributed by atoms with Crippen molar-refractivity contribution in [3.63, 3.8) is 0 Å². The lowest BCUT2D eigenvalue weighted by Crippen LogP contribution is -2.46. The summed E-state index contributed by atoms with van der Waals surface area (Å²) in [6.45, 7) is 5.39. The van der Waals surface area contributed by atoms with E-state index in [9.17, 15) is 14.4 Å². The maximum absolute atomic E-state index is 12.4. The van der Waals surface area contributed by atoms with E-state index in [0.29, 0.717) is 19.3 Å². The Labute approximate surface area is 140 Å². The molecule has 5 unspecified atom stereocenters. The van der Waals surface area contributed by atoms with E-state index in [0.717, 1.165) is 0 Å². The van der Waals surface area contributed by atoms with Crippen LogP contribution in [0.25, 0.3) is 0 Å². The fourth-order valence-electron chi connectivity index (χ4n) is 4.10. The Morgan fingerprint density at radius 2 is 2.08 bits per heavy atom. The monoisotopic (exact) mass is 340 g/mol. The van der Waals surface area contributed by atoms with Crippen LogP contribution in [0.1, 0.15) is 40.0 Å². The molecule has 0 aromatic heterocycles. The minimum atomic E-state index is -1.25. The quantitative estimate of drug-likeness (QED) is 0.313. The van der Waals surface area contributed by atoms with Crippen molar-refractivity contribution in [1.82, 2.24) is 0 Å². The molecule has 0 radical (unpaired) electrons. The first kappa shape index (κ1) is 17.2. The zero-order valence-electron chi connectivity index (χ0n) is 14.5. The topological polar surface area (TPSA) is 88.1 Å². The van der Waals surface area contributed by atoms with Gasteiger partial charge < -0.3 is 18.9 Å². The third-order valence-electron chi connectivity index (χ3n) is 5.92. The molecule has 1 saturated heterocycles. The summed E-state index contributed by atoms with van der Waals surface area (Å²) in [6, 6.07) is 0. The number of hydrogen-bond donors (Lipinski definition) is 0. The van der Waals surface area contributed by atoms with E-state index >= 15 is 0 Å². The molecule has 5 atom stereocenters. The number of methoxy groups -OCH3 is 1. The molecule has 0 aromatic rings. The van der Waals surface area contributed by atoms with E-state index < -0.39 is 35.0 Å². The molecule has 2 saturated carbocycles. The number of hydrogen-bond acceptors (Lipinski definition) is 7. The average molecular weight is 340 g/mol. The van der Waals surface area contributed by atoms with Gasteiger partial charge in [-0.25, -0.2) is 0 Å². The molecule has 3 rings (SSSR count). The Hall–Kier alpha value is -1.63. The third kappa shape index (κ3) is 2.24. The summed E-state index contributed by atoms with van der Waals surface area (Å²) in [6.07, 6.45) is 0.569. The predicted molar refractivity (Wildman–Crippen MR) is 80.4 cm³/mol. The standard InChI is InChI=1S/C17H24O7/c1-5-16(2,3)13(18)23-11-9-6-10-12(11)24-15(20)17(10,7-9)14(19)22-8-21-4/h9-12H,5-8H2,1-4H3. The van der Waals surface area contributed by atoms with Crippen LogP contribution in [0.5, 0.6) is 0 Å². The maximum Gasteiger partial charge on any atom is 0.326 e. The number of fused-ring (bicyclic) bond motifs is 1. The fraction of sp³-hybridized carbons (Fsp3) is 0.824. The van der Waals surface area contributed by atoms with Crippen LogP contribution in [0.2, 0.25) is 0 Å². The highest BCUT2D eigenvalue weighted by molar-refractivity contribution is 6.03. The molecular weight excluding hydrogens is 316 g/mol. The predicted octanol–water partition coefficient (Wildman–Crippen LogP) is 1.43. The van der Waals surface area contributed by atoms with Crippen LogP contribution in [-0.4, -0.2) is 44.0 Å². The van der Waals surface area contributed by atoms with E-state index in [4.69, 9.17) is 18.9 Å². The smallest absolute Gasteiger partial charge is 0.326 e. The van der Waals surface area contributed by atoms with Gasteiger partial charge in [0.1, 0.15) is 12.2 Å². The minimum Gasteiger partial charge on any atom is -0.458 e. The molecular formula is C17H24O7. The zero-order valence-corrected chi connectivity index (χ0v) is 14.5. The van der Waals surface area contributed by atoms with Crippen molar-refractivity contribution in [3.05, 3.63) is 0 Å². The zero-order chi connectivity index (χ0) is 17.7. The molecule has 24 heavy (non-hydrogen) atoms. The summed E-state index contributed by atoms with van der Waals surface area (Å²) in [5, 5.41) is 0. The van der Waals surface area contributed by atoms with Gasteiger partial charge in [-0.15, -0.1) is 0 Å². The molecule has 3 fully saturated rings. The summed E-state index contributed by atoms with van der Waals surface area (Å²) in [5.74, 6) is -1.80. The first-order valence-corrected chi connectivity index (χ1v) is 8.36. The number of esters is 3. The van der Waals surface area contributed by atoms with Crippen LogP contribution in [0, 0.1) is 22.7 Å². The SMILES string of the molecule is CCC(C)(C)C(=O)OC1C2CC3C1OC(=O)C3(C(=O)OCOC)C2. The Balaban J connectivity index is 1.76. The summed E-state index contributed by atoms with van der Waals surface area (Å²) in [4.78, 5) is 37.2. The van der Waals surface area contributed by atoms with Crippen molar-refractivity contribution in [3.8, 4) is 0 Å². The van der Waals surface area contributed by atoms with Crippen molar-refractivity contribution in [2.45, 2.75) is 52.2 Å². The molecule has 1 aliphatic heterocycles. The summed E-state index contributed by atoms with van der Waals surface area (Å²) in [5.41, 5.74) is -1.84. The van der Waals surface area contributed by atoms with Gasteiger partial charge in [0.2, 0.25) is 0 Å². The van der Waals surface area contributed by atoms with Gasteiger partial charge in [-0.3, -0.25) is 14.4 Å². The molecule has 1 heterocycles. The van der Waals surface area contributed by atoms with E-state index in [2.05, 4.69) is 0 Å². The van der Waals surface area contributed by atoms with E-state index in [-0.39, 0.29) is 24.6 Å². The lowest BCUT2D eigenvalue weighted by Gasteiger charge is -2.32. The van der Waals surface area contributed by atoms with E-state index in [1.165, 1.54) is 7.11 Å². The van der Waals surface area contributed by atoms with Crippen LogP contribution in [-0.2, 0) is 33.3 Å². The third-order valence-corrected chi connectivity index (χ3v) is 5.92. The van der Waals surface area contributed by atoms with E-state index in [1.54, 1.807) is 0 Å². The van der Waals surface area contributed by atoms with Gasteiger partial charge in [-0.05, 0) is 33.1 Å². The molecule has 2 bridgehead atoms. The van der Waals surface area contributed by atoms with Gasteiger partial charge in [0, 0.05) is 18.9 Å². The summed E-state index contributed by atoms with van der Waals surface area (Å²) >= 11 is 0. The maximum atomic E-state index is 12.4. The summed E-state index contributed by atoms with van der Waals surface area (Å²) < 4.78 is 20.9. The molecule has 0 spiro atoms. The highest BCUT2D eigenvalue weighted by Gasteiger charge is 2.75. The van der Waals surface area contributed by atoms with Gasteiger partial charge in [-0.1, -0.05) is 6.92 Å². The van der Waals surface area contributed by atoms with Crippen molar-refractivity contribution in [2.75, 3.05) is 13.9 Å². The highest BCUT2D eigenvalue weighted by Crippen LogP contribution is 2.63. The van der Waals surface area contributed by atoms with Gasteiger partial charge in [0.25, 0.3) is 0 Å². The Morgan fingerprint density at radius 1 is 1.38 bits per heavy atom. The largest absolute Gasteiger partial charge is 0.458 e. The lowest BCUT2D eigenvalue weighted by atomic mass is 9.73. The minimum absolute atomic E-state index is 0.0573. The van der Waals surface area contributed by atoms with Crippen molar-refractivity contribution >= 4 is 17.9 Å². The van der Waals surface area contributed by atoms with Crippen LogP contribution < -0.4 is 0 Å². The lowest BCUT2D eigenvalue weighted by molar-refractivity contribution is -0.173. The Kier molecular flexibility index (Phi) is 4.10. The molecule has 7 nitrogen and oxygen atoms in total. The number of rotatable bonds is 6. The number of ether oxygens (including phenoxy) is 4. The van der Waals surface area contributed by atoms with Crippen molar-refractivity contribution in [2.24, 2.45) is 22.7 Å². The van der Waals surface area contributed by atoms with Crippen LogP contribution in [0.3, 0.4) is 0 Å². The van der Waals surface area contributed by atoms with Gasteiger partial charge in [0.15, 0.2) is 12.2 Å².